The average Bonchev–Trinajstić information content (AvgIpc) is 3.07. The Bertz CT molecular complexity index is 739. The van der Waals surface area contributed by atoms with Crippen LogP contribution in [0.25, 0.3) is 0 Å². The van der Waals surface area contributed by atoms with Gasteiger partial charge in [-0.05, 0) is 43.7 Å². The van der Waals surface area contributed by atoms with Gasteiger partial charge in [-0.25, -0.2) is 4.79 Å². The molecule has 30 heavy (non-hydrogen) atoms. The fourth-order valence-corrected chi connectivity index (χ4v) is 3.69. The second kappa shape index (κ2) is 11.6. The van der Waals surface area contributed by atoms with E-state index in [-0.39, 0.29) is 24.0 Å². The smallest absolute Gasteiger partial charge is 0.366 e. The Labute approximate surface area is 176 Å². The highest BCUT2D eigenvalue weighted by molar-refractivity contribution is 5.87. The SMILES string of the molecule is COC(=O)C(O)(O)CC(=O)CCC[C@H]1C(=O)CC[C@@H]1/C=C/CCOc1ccccc1. The molecule has 0 saturated heterocycles. The maximum atomic E-state index is 12.2. The number of carbonyl (C=O) groups is 3. The van der Waals surface area contributed by atoms with Crippen LogP contribution in [0, 0.1) is 11.8 Å². The van der Waals surface area contributed by atoms with E-state index < -0.39 is 24.0 Å². The summed E-state index contributed by atoms with van der Waals surface area (Å²) in [6.07, 6.45) is 6.54. The third-order valence-corrected chi connectivity index (χ3v) is 5.26. The molecule has 0 radical (unpaired) electrons. The van der Waals surface area contributed by atoms with Crippen molar-refractivity contribution in [2.24, 2.45) is 11.8 Å². The molecule has 1 saturated carbocycles. The van der Waals surface area contributed by atoms with Crippen LogP contribution in [-0.2, 0) is 19.1 Å². The van der Waals surface area contributed by atoms with Crippen molar-refractivity contribution in [1.82, 2.24) is 0 Å². The van der Waals surface area contributed by atoms with Crippen molar-refractivity contribution in [3.05, 3.63) is 42.5 Å². The van der Waals surface area contributed by atoms with E-state index in [1.54, 1.807) is 0 Å². The summed E-state index contributed by atoms with van der Waals surface area (Å²) in [6, 6.07) is 9.57. The number of rotatable bonds is 12. The number of aliphatic hydroxyl groups is 2. The van der Waals surface area contributed by atoms with Crippen molar-refractivity contribution in [2.45, 2.75) is 50.7 Å². The zero-order chi connectivity index (χ0) is 22.0. The van der Waals surface area contributed by atoms with Gasteiger partial charge in [0.15, 0.2) is 0 Å². The van der Waals surface area contributed by atoms with Gasteiger partial charge < -0.3 is 19.7 Å². The molecule has 0 aliphatic heterocycles. The van der Waals surface area contributed by atoms with E-state index >= 15 is 0 Å². The molecule has 1 aromatic rings. The second-order valence-electron chi connectivity index (χ2n) is 7.57. The lowest BCUT2D eigenvalue weighted by Crippen LogP contribution is -2.41. The Kier molecular flexibility index (Phi) is 9.20. The van der Waals surface area contributed by atoms with Gasteiger partial charge in [-0.1, -0.05) is 30.4 Å². The summed E-state index contributed by atoms with van der Waals surface area (Å²) in [6.45, 7) is 0.560. The van der Waals surface area contributed by atoms with Crippen molar-refractivity contribution < 1.29 is 34.1 Å². The van der Waals surface area contributed by atoms with Gasteiger partial charge in [0.2, 0.25) is 0 Å². The van der Waals surface area contributed by atoms with E-state index in [0.29, 0.717) is 25.9 Å². The van der Waals surface area contributed by atoms with Crippen LogP contribution in [0.15, 0.2) is 42.5 Å². The van der Waals surface area contributed by atoms with Crippen LogP contribution in [0.1, 0.15) is 44.9 Å². The second-order valence-corrected chi connectivity index (χ2v) is 7.57. The Morgan fingerprint density at radius 3 is 2.67 bits per heavy atom. The Morgan fingerprint density at radius 1 is 1.23 bits per heavy atom. The lowest BCUT2D eigenvalue weighted by Gasteiger charge is -2.18. The molecule has 0 aromatic heterocycles. The minimum Gasteiger partial charge on any atom is -0.493 e. The van der Waals surface area contributed by atoms with Gasteiger partial charge in [0.25, 0.3) is 5.79 Å². The molecule has 0 amide bonds. The zero-order valence-electron chi connectivity index (χ0n) is 17.3. The molecule has 7 nitrogen and oxygen atoms in total. The third kappa shape index (κ3) is 7.39. The molecule has 1 fully saturated rings. The van der Waals surface area contributed by atoms with Crippen LogP contribution < -0.4 is 4.74 Å². The summed E-state index contributed by atoms with van der Waals surface area (Å²) in [5.41, 5.74) is 0. The van der Waals surface area contributed by atoms with Crippen molar-refractivity contribution in [3.8, 4) is 5.75 Å². The third-order valence-electron chi connectivity index (χ3n) is 5.26. The van der Waals surface area contributed by atoms with Crippen LogP contribution in [-0.4, -0.2) is 47.3 Å². The monoisotopic (exact) mass is 418 g/mol. The molecule has 0 spiro atoms. The molecule has 7 heteroatoms. The summed E-state index contributed by atoms with van der Waals surface area (Å²) in [5.74, 6) is -3.48. The lowest BCUT2D eigenvalue weighted by atomic mass is 9.89. The largest absolute Gasteiger partial charge is 0.493 e. The Hall–Kier alpha value is -2.51. The summed E-state index contributed by atoms with van der Waals surface area (Å²) in [5, 5.41) is 19.1. The first-order chi connectivity index (χ1) is 14.3. The van der Waals surface area contributed by atoms with Crippen LogP contribution in [0.5, 0.6) is 5.75 Å². The Morgan fingerprint density at radius 2 is 1.97 bits per heavy atom. The van der Waals surface area contributed by atoms with E-state index in [2.05, 4.69) is 10.8 Å². The van der Waals surface area contributed by atoms with Crippen molar-refractivity contribution in [2.75, 3.05) is 13.7 Å². The predicted molar refractivity (Wildman–Crippen MR) is 110 cm³/mol. The number of benzene rings is 1. The van der Waals surface area contributed by atoms with Crippen LogP contribution in [0.4, 0.5) is 0 Å². The number of esters is 1. The molecule has 0 heterocycles. The van der Waals surface area contributed by atoms with Gasteiger partial charge in [-0.2, -0.15) is 0 Å². The molecule has 1 aliphatic carbocycles. The molecule has 1 aromatic carbocycles. The summed E-state index contributed by atoms with van der Waals surface area (Å²) >= 11 is 0. The summed E-state index contributed by atoms with van der Waals surface area (Å²) in [4.78, 5) is 35.4. The minimum absolute atomic E-state index is 0.0744. The average molecular weight is 418 g/mol. The summed E-state index contributed by atoms with van der Waals surface area (Å²) in [7, 11) is 1.02. The number of ether oxygens (including phenoxy) is 2. The molecule has 2 N–H and O–H groups in total. The predicted octanol–water partition coefficient (Wildman–Crippen LogP) is 2.59. The topological polar surface area (TPSA) is 110 Å². The van der Waals surface area contributed by atoms with E-state index in [4.69, 9.17) is 4.74 Å². The van der Waals surface area contributed by atoms with E-state index in [1.807, 2.05) is 36.4 Å². The summed E-state index contributed by atoms with van der Waals surface area (Å²) < 4.78 is 9.90. The van der Waals surface area contributed by atoms with Crippen molar-refractivity contribution in [3.63, 3.8) is 0 Å². The first kappa shape index (κ1) is 23.8. The number of para-hydroxylation sites is 1. The highest BCUT2D eigenvalue weighted by Gasteiger charge is 2.37. The Balaban J connectivity index is 1.72. The fraction of sp³-hybridized carbons (Fsp3) is 0.522. The quantitative estimate of drug-likeness (QED) is 0.232. The van der Waals surface area contributed by atoms with Gasteiger partial charge in [0, 0.05) is 18.8 Å². The number of ketones is 2. The number of hydrogen-bond acceptors (Lipinski definition) is 7. The normalized spacial score (nSPS) is 19.2. The van der Waals surface area contributed by atoms with Gasteiger partial charge in [-0.15, -0.1) is 0 Å². The van der Waals surface area contributed by atoms with Crippen LogP contribution in [0.2, 0.25) is 0 Å². The maximum Gasteiger partial charge on any atom is 0.366 e. The number of methoxy groups -OCH3 is 1. The van der Waals surface area contributed by atoms with Gasteiger partial charge in [-0.3, -0.25) is 9.59 Å². The molecule has 0 bridgehead atoms. The molecule has 0 unspecified atom stereocenters. The standard InChI is InChI=1S/C23H30O7/c1-29-22(26)23(27,28)16-18(24)9-7-12-20-17(13-14-21(20)25)8-5-6-15-30-19-10-3-2-4-11-19/h2-5,8,10-11,17,20,27-28H,6-7,9,12-16H2,1H3/b8-5+/t17-,20+/m0/s1. The van der Waals surface area contributed by atoms with Crippen molar-refractivity contribution in [1.29, 1.82) is 0 Å². The number of carbonyl (C=O) groups excluding carboxylic acids is 3. The number of allylic oxidation sites excluding steroid dienone is 1. The highest BCUT2D eigenvalue weighted by Crippen LogP contribution is 2.33. The molecule has 1 aliphatic rings. The maximum absolute atomic E-state index is 12.2. The van der Waals surface area contributed by atoms with Gasteiger partial charge in [0.1, 0.15) is 17.3 Å². The molecular formula is C23H30O7. The molecular weight excluding hydrogens is 388 g/mol. The van der Waals surface area contributed by atoms with Gasteiger partial charge in [0.05, 0.1) is 20.1 Å². The minimum atomic E-state index is -2.80. The molecule has 2 atom stereocenters. The van der Waals surface area contributed by atoms with E-state index in [9.17, 15) is 24.6 Å². The number of hydrogen-bond donors (Lipinski definition) is 2. The lowest BCUT2D eigenvalue weighted by molar-refractivity contribution is -0.208. The van der Waals surface area contributed by atoms with E-state index in [1.165, 1.54) is 0 Å². The fourth-order valence-electron chi connectivity index (χ4n) is 3.69. The zero-order valence-corrected chi connectivity index (χ0v) is 17.3. The van der Waals surface area contributed by atoms with Crippen molar-refractivity contribution >= 4 is 17.5 Å². The van der Waals surface area contributed by atoms with Crippen LogP contribution >= 0.6 is 0 Å². The number of Topliss-reactive ketones (excluding diaryl/α,β-unsaturated/α-hetero) is 2. The van der Waals surface area contributed by atoms with Crippen LogP contribution in [0.3, 0.4) is 0 Å². The molecule has 164 valence electrons. The van der Waals surface area contributed by atoms with E-state index in [0.717, 1.165) is 25.7 Å². The molecule has 2 rings (SSSR count). The highest BCUT2D eigenvalue weighted by atomic mass is 16.6. The van der Waals surface area contributed by atoms with Gasteiger partial charge >= 0.3 is 5.97 Å². The first-order valence-corrected chi connectivity index (χ1v) is 10.3. The first-order valence-electron chi connectivity index (χ1n) is 10.3.